The first-order chi connectivity index (χ1) is 10.8. The van der Waals surface area contributed by atoms with Gasteiger partial charge in [-0.3, -0.25) is 4.68 Å². The van der Waals surface area contributed by atoms with Crippen molar-refractivity contribution in [3.63, 3.8) is 0 Å². The Hall–Kier alpha value is -1.99. The molecule has 3 aromatic rings. The van der Waals surface area contributed by atoms with E-state index in [1.54, 1.807) is 28.5 Å². The zero-order valence-corrected chi connectivity index (χ0v) is 13.1. The Morgan fingerprint density at radius 2 is 2.32 bits per heavy atom. The molecule has 114 valence electrons. The minimum atomic E-state index is -0.234. The van der Waals surface area contributed by atoms with E-state index in [1.165, 1.54) is 16.9 Å². The lowest BCUT2D eigenvalue weighted by Gasteiger charge is -2.18. The zero-order valence-electron chi connectivity index (χ0n) is 12.3. The lowest BCUT2D eigenvalue weighted by Crippen LogP contribution is -2.19. The highest BCUT2D eigenvalue weighted by Crippen LogP contribution is 2.39. The Morgan fingerprint density at radius 3 is 3.09 bits per heavy atom. The van der Waals surface area contributed by atoms with Gasteiger partial charge in [0.25, 0.3) is 0 Å². The summed E-state index contributed by atoms with van der Waals surface area (Å²) in [6, 6.07) is 1.67. The maximum absolute atomic E-state index is 9.76. The van der Waals surface area contributed by atoms with E-state index < -0.39 is 0 Å². The molecule has 0 spiro atoms. The van der Waals surface area contributed by atoms with Crippen LogP contribution in [0.15, 0.2) is 18.6 Å². The van der Waals surface area contributed by atoms with E-state index in [-0.39, 0.29) is 12.6 Å². The molecule has 0 aromatic carbocycles. The number of thiophene rings is 1. The maximum atomic E-state index is 9.76. The van der Waals surface area contributed by atoms with Gasteiger partial charge in [-0.2, -0.15) is 5.10 Å². The summed E-state index contributed by atoms with van der Waals surface area (Å²) in [6.07, 6.45) is 6.76. The smallest absolute Gasteiger partial charge is 0.139 e. The molecule has 0 aliphatic heterocycles. The lowest BCUT2D eigenvalue weighted by molar-refractivity contribution is 0.271. The topological polar surface area (TPSA) is 75.9 Å². The Labute approximate surface area is 131 Å². The Bertz CT molecular complexity index is 825. The molecule has 0 bridgehead atoms. The van der Waals surface area contributed by atoms with Gasteiger partial charge < -0.3 is 10.4 Å². The van der Waals surface area contributed by atoms with E-state index >= 15 is 0 Å². The highest BCUT2D eigenvalue weighted by Gasteiger charge is 2.23. The van der Waals surface area contributed by atoms with Gasteiger partial charge in [-0.1, -0.05) is 0 Å². The molecule has 0 fully saturated rings. The molecule has 22 heavy (non-hydrogen) atoms. The molecule has 4 rings (SSSR count). The van der Waals surface area contributed by atoms with Crippen molar-refractivity contribution in [2.45, 2.75) is 25.3 Å². The second-order valence-corrected chi connectivity index (χ2v) is 6.60. The molecular formula is C15H17N5OS. The van der Waals surface area contributed by atoms with Crippen LogP contribution in [0.5, 0.6) is 0 Å². The van der Waals surface area contributed by atoms with Crippen LogP contribution < -0.4 is 5.32 Å². The summed E-state index contributed by atoms with van der Waals surface area (Å²) in [4.78, 5) is 11.3. The van der Waals surface area contributed by atoms with Crippen molar-refractivity contribution in [1.29, 1.82) is 0 Å². The molecule has 3 aromatic heterocycles. The van der Waals surface area contributed by atoms with E-state index in [0.717, 1.165) is 34.6 Å². The fraction of sp³-hybridized carbons (Fsp3) is 0.400. The monoisotopic (exact) mass is 315 g/mol. The van der Waals surface area contributed by atoms with E-state index in [2.05, 4.69) is 20.4 Å². The number of fused-ring (bicyclic) bond motifs is 3. The number of aryl methyl sites for hydroxylation is 3. The molecule has 0 radical (unpaired) electrons. The van der Waals surface area contributed by atoms with Gasteiger partial charge in [-0.15, -0.1) is 11.3 Å². The summed E-state index contributed by atoms with van der Waals surface area (Å²) in [6.45, 7) is -0.0165. The van der Waals surface area contributed by atoms with Crippen LogP contribution in [0.2, 0.25) is 0 Å². The van der Waals surface area contributed by atoms with E-state index in [9.17, 15) is 5.11 Å². The fourth-order valence-electron chi connectivity index (χ4n) is 3.14. The Balaban J connectivity index is 1.76. The number of rotatable bonds is 4. The number of hydrogen-bond donors (Lipinski definition) is 2. The van der Waals surface area contributed by atoms with Gasteiger partial charge in [0.15, 0.2) is 0 Å². The van der Waals surface area contributed by atoms with Crippen molar-refractivity contribution in [1.82, 2.24) is 19.7 Å². The third kappa shape index (κ3) is 2.08. The molecule has 1 aliphatic rings. The molecule has 0 amide bonds. The van der Waals surface area contributed by atoms with Crippen LogP contribution >= 0.6 is 11.3 Å². The lowest BCUT2D eigenvalue weighted by atomic mass is 10.1. The molecule has 1 atom stereocenters. The summed E-state index contributed by atoms with van der Waals surface area (Å²) in [5.74, 6) is 0.810. The largest absolute Gasteiger partial charge is 0.394 e. The highest BCUT2D eigenvalue weighted by molar-refractivity contribution is 7.19. The molecule has 3 heterocycles. The Morgan fingerprint density at radius 1 is 1.41 bits per heavy atom. The average molecular weight is 315 g/mol. The number of aliphatic hydroxyl groups excluding tert-OH is 1. The van der Waals surface area contributed by atoms with Crippen molar-refractivity contribution in [2.75, 3.05) is 11.9 Å². The summed E-state index contributed by atoms with van der Waals surface area (Å²) >= 11 is 1.76. The van der Waals surface area contributed by atoms with E-state index in [4.69, 9.17) is 0 Å². The molecule has 2 N–H and O–H groups in total. The molecular weight excluding hydrogens is 298 g/mol. The van der Waals surface area contributed by atoms with Crippen LogP contribution in [0, 0.1) is 0 Å². The highest BCUT2D eigenvalue weighted by atomic mass is 32.1. The quantitative estimate of drug-likeness (QED) is 0.771. The predicted molar refractivity (Wildman–Crippen MR) is 86.1 cm³/mol. The number of anilines is 1. The Kier molecular flexibility index (Phi) is 3.31. The van der Waals surface area contributed by atoms with Crippen LogP contribution in [0.4, 0.5) is 5.82 Å². The minimum Gasteiger partial charge on any atom is -0.394 e. The first kappa shape index (κ1) is 13.7. The number of nitrogens with one attached hydrogen (secondary N) is 1. The average Bonchev–Trinajstić information content (AvgIpc) is 3.20. The number of aliphatic hydroxyl groups is 1. The summed E-state index contributed by atoms with van der Waals surface area (Å²) in [5.41, 5.74) is 2.31. The minimum absolute atomic E-state index is 0.0165. The van der Waals surface area contributed by atoms with Crippen molar-refractivity contribution in [3.8, 4) is 0 Å². The van der Waals surface area contributed by atoms with Gasteiger partial charge >= 0.3 is 0 Å². The van der Waals surface area contributed by atoms with Crippen LogP contribution in [-0.4, -0.2) is 31.5 Å². The van der Waals surface area contributed by atoms with E-state index in [1.807, 2.05) is 13.1 Å². The fourth-order valence-corrected chi connectivity index (χ4v) is 4.37. The van der Waals surface area contributed by atoms with Gasteiger partial charge in [0, 0.05) is 18.1 Å². The molecule has 0 saturated carbocycles. The van der Waals surface area contributed by atoms with Crippen molar-refractivity contribution in [2.24, 2.45) is 7.05 Å². The first-order valence-electron chi connectivity index (χ1n) is 7.38. The predicted octanol–water partition coefficient (Wildman–Crippen LogP) is 2.06. The van der Waals surface area contributed by atoms with Gasteiger partial charge in [-0.05, 0) is 30.9 Å². The van der Waals surface area contributed by atoms with Crippen LogP contribution in [0.1, 0.15) is 28.6 Å². The molecule has 7 heteroatoms. The number of aromatic nitrogens is 4. The molecule has 1 aliphatic carbocycles. The van der Waals surface area contributed by atoms with Gasteiger partial charge in [0.1, 0.15) is 17.0 Å². The van der Waals surface area contributed by atoms with Crippen LogP contribution in [0.3, 0.4) is 0 Å². The van der Waals surface area contributed by atoms with Gasteiger partial charge in [0.05, 0.1) is 23.7 Å². The second kappa shape index (κ2) is 5.33. The number of nitrogens with zero attached hydrogens (tertiary/aromatic N) is 4. The zero-order chi connectivity index (χ0) is 15.1. The summed E-state index contributed by atoms with van der Waals surface area (Å²) in [5, 5.41) is 18.4. The second-order valence-electron chi connectivity index (χ2n) is 5.52. The summed E-state index contributed by atoms with van der Waals surface area (Å²) in [7, 11) is 1.87. The van der Waals surface area contributed by atoms with Crippen LogP contribution in [-0.2, 0) is 19.9 Å². The standard InChI is InChI=1S/C15H17N5OS/c1-20-11(5-6-18-20)10(7-21)19-14-13-9-3-2-4-12(9)22-15(13)17-8-16-14/h5-6,8,10,21H,2-4,7H2,1H3,(H,16,17,19). The molecule has 0 saturated heterocycles. The third-order valence-electron chi connectivity index (χ3n) is 4.21. The van der Waals surface area contributed by atoms with Gasteiger partial charge in [-0.25, -0.2) is 9.97 Å². The normalized spacial score (nSPS) is 15.2. The van der Waals surface area contributed by atoms with Crippen LogP contribution in [0.25, 0.3) is 10.2 Å². The first-order valence-corrected chi connectivity index (χ1v) is 8.20. The maximum Gasteiger partial charge on any atom is 0.139 e. The van der Waals surface area contributed by atoms with Crippen molar-refractivity contribution in [3.05, 3.63) is 34.7 Å². The SMILES string of the molecule is Cn1nccc1C(CO)Nc1ncnc2sc3c(c12)CCC3. The van der Waals surface area contributed by atoms with Crippen molar-refractivity contribution < 1.29 is 5.11 Å². The third-order valence-corrected chi connectivity index (χ3v) is 5.41. The van der Waals surface area contributed by atoms with Crippen molar-refractivity contribution >= 4 is 27.4 Å². The van der Waals surface area contributed by atoms with E-state index in [0.29, 0.717) is 0 Å². The molecule has 1 unspecified atom stereocenters. The molecule has 6 nitrogen and oxygen atoms in total. The van der Waals surface area contributed by atoms with Gasteiger partial charge in [0.2, 0.25) is 0 Å². The summed E-state index contributed by atoms with van der Waals surface area (Å²) < 4.78 is 1.77. The number of hydrogen-bond acceptors (Lipinski definition) is 6.